The molecule has 0 spiro atoms. The van der Waals surface area contributed by atoms with E-state index < -0.39 is 0 Å². The lowest BCUT2D eigenvalue weighted by Gasteiger charge is -2.22. The van der Waals surface area contributed by atoms with Crippen LogP contribution in [-0.2, 0) is 0 Å². The third-order valence-corrected chi connectivity index (χ3v) is 2.07. The fourth-order valence-electron chi connectivity index (χ4n) is 1.35. The van der Waals surface area contributed by atoms with Crippen molar-refractivity contribution in [2.75, 3.05) is 6.61 Å². The summed E-state index contributed by atoms with van der Waals surface area (Å²) in [6, 6.07) is -0.102. The zero-order chi connectivity index (χ0) is 10.3. The Bertz CT molecular complexity index is 197. The highest BCUT2D eigenvalue weighted by Crippen LogP contribution is 2.20. The lowest BCUT2D eigenvalue weighted by molar-refractivity contribution is 0.248. The van der Waals surface area contributed by atoms with Crippen LogP contribution in [0.3, 0.4) is 0 Å². The van der Waals surface area contributed by atoms with E-state index in [1.54, 1.807) is 6.08 Å². The van der Waals surface area contributed by atoms with E-state index in [0.717, 1.165) is 0 Å². The summed E-state index contributed by atoms with van der Waals surface area (Å²) in [5.74, 6) is 0.339. The van der Waals surface area contributed by atoms with Gasteiger partial charge in [0.25, 0.3) is 0 Å². The third kappa shape index (κ3) is 3.97. The summed E-state index contributed by atoms with van der Waals surface area (Å²) in [6.45, 7) is 7.76. The SMILES string of the molecule is C=C[C@@H](CCO)[C@@H](N=[N+]=[N-])C(C)C. The van der Waals surface area contributed by atoms with E-state index >= 15 is 0 Å². The van der Waals surface area contributed by atoms with Gasteiger partial charge in [0.2, 0.25) is 0 Å². The predicted molar refractivity (Wildman–Crippen MR) is 53.2 cm³/mol. The molecule has 0 saturated heterocycles. The molecule has 0 aliphatic carbocycles. The molecule has 0 radical (unpaired) electrons. The minimum atomic E-state index is -0.102. The summed E-state index contributed by atoms with van der Waals surface area (Å²) >= 11 is 0. The quantitative estimate of drug-likeness (QED) is 0.292. The molecule has 0 aromatic carbocycles. The van der Waals surface area contributed by atoms with Gasteiger partial charge in [-0.25, -0.2) is 0 Å². The lowest BCUT2D eigenvalue weighted by atomic mass is 9.89. The maximum absolute atomic E-state index is 8.78. The van der Waals surface area contributed by atoms with Gasteiger partial charge in [-0.2, -0.15) is 0 Å². The van der Waals surface area contributed by atoms with E-state index in [1.165, 1.54) is 0 Å². The van der Waals surface area contributed by atoms with Crippen molar-refractivity contribution in [1.29, 1.82) is 0 Å². The van der Waals surface area contributed by atoms with E-state index in [9.17, 15) is 0 Å². The monoisotopic (exact) mass is 183 g/mol. The molecule has 0 aromatic heterocycles. The lowest BCUT2D eigenvalue weighted by Crippen LogP contribution is -2.23. The number of aliphatic hydroxyl groups is 1. The summed E-state index contributed by atoms with van der Waals surface area (Å²) < 4.78 is 0. The average Bonchev–Trinajstić information content (AvgIpc) is 2.10. The van der Waals surface area contributed by atoms with E-state index in [-0.39, 0.29) is 24.5 Å². The fraction of sp³-hybridized carbons (Fsp3) is 0.778. The smallest absolute Gasteiger partial charge is 0.0460 e. The van der Waals surface area contributed by atoms with Crippen LogP contribution in [0.1, 0.15) is 20.3 Å². The molecule has 0 aliphatic heterocycles. The molecule has 0 heterocycles. The van der Waals surface area contributed by atoms with Crippen molar-refractivity contribution < 1.29 is 5.11 Å². The first kappa shape index (κ1) is 12.0. The van der Waals surface area contributed by atoms with Crippen LogP contribution in [0.25, 0.3) is 10.4 Å². The molecule has 0 saturated carbocycles. The van der Waals surface area contributed by atoms with Gasteiger partial charge in [-0.3, -0.25) is 0 Å². The molecule has 2 atom stereocenters. The van der Waals surface area contributed by atoms with E-state index in [0.29, 0.717) is 6.42 Å². The molecule has 0 fully saturated rings. The Morgan fingerprint density at radius 2 is 2.23 bits per heavy atom. The average molecular weight is 183 g/mol. The second-order valence-corrected chi connectivity index (χ2v) is 3.35. The molecule has 13 heavy (non-hydrogen) atoms. The second kappa shape index (κ2) is 6.52. The molecule has 0 aromatic rings. The van der Waals surface area contributed by atoms with Crippen LogP contribution in [-0.4, -0.2) is 17.8 Å². The van der Waals surface area contributed by atoms with Gasteiger partial charge in [0.15, 0.2) is 0 Å². The maximum atomic E-state index is 8.78. The Kier molecular flexibility index (Phi) is 6.02. The van der Waals surface area contributed by atoms with Crippen LogP contribution in [0, 0.1) is 11.8 Å². The van der Waals surface area contributed by atoms with E-state index in [2.05, 4.69) is 16.6 Å². The number of nitrogens with zero attached hydrogens (tertiary/aromatic N) is 3. The third-order valence-electron chi connectivity index (χ3n) is 2.07. The summed E-state index contributed by atoms with van der Waals surface area (Å²) in [4.78, 5) is 2.80. The molecule has 0 bridgehead atoms. The molecule has 74 valence electrons. The van der Waals surface area contributed by atoms with Gasteiger partial charge >= 0.3 is 0 Å². The van der Waals surface area contributed by atoms with Gasteiger partial charge in [-0.05, 0) is 23.8 Å². The Labute approximate surface area is 78.9 Å². The predicted octanol–water partition coefficient (Wildman–Crippen LogP) is 2.51. The molecule has 4 nitrogen and oxygen atoms in total. The van der Waals surface area contributed by atoms with Crippen LogP contribution in [0.2, 0.25) is 0 Å². The van der Waals surface area contributed by atoms with Crippen molar-refractivity contribution >= 4 is 0 Å². The highest BCUT2D eigenvalue weighted by molar-refractivity contribution is 4.90. The van der Waals surface area contributed by atoms with Crippen molar-refractivity contribution in [3.05, 3.63) is 23.1 Å². The minimum absolute atomic E-state index is 0.0703. The second-order valence-electron chi connectivity index (χ2n) is 3.35. The van der Waals surface area contributed by atoms with E-state index in [4.69, 9.17) is 10.6 Å². The number of hydrogen-bond acceptors (Lipinski definition) is 2. The standard InChI is InChI=1S/C9H17N3O/c1-4-8(5-6-13)9(7(2)3)11-12-10/h4,7-9,13H,1,5-6H2,2-3H3/t8-,9-/m0/s1. The van der Waals surface area contributed by atoms with Gasteiger partial charge in [0.05, 0.1) is 0 Å². The molecule has 0 aliphatic rings. The highest BCUT2D eigenvalue weighted by atomic mass is 16.3. The zero-order valence-electron chi connectivity index (χ0n) is 8.22. The first-order valence-electron chi connectivity index (χ1n) is 4.45. The van der Waals surface area contributed by atoms with Gasteiger partial charge < -0.3 is 5.11 Å². The molecule has 0 unspecified atom stereocenters. The summed E-state index contributed by atoms with van der Waals surface area (Å²) in [5.41, 5.74) is 8.36. The molecule has 0 rings (SSSR count). The Balaban J connectivity index is 4.47. The van der Waals surface area contributed by atoms with Gasteiger partial charge in [0, 0.05) is 17.6 Å². The topological polar surface area (TPSA) is 69.0 Å². The first-order chi connectivity index (χ1) is 6.17. The van der Waals surface area contributed by atoms with Crippen LogP contribution in [0.4, 0.5) is 0 Å². The number of aliphatic hydroxyl groups excluding tert-OH is 1. The molecule has 0 amide bonds. The Hall–Kier alpha value is -0.990. The molecular formula is C9H17N3O. The Morgan fingerprint density at radius 1 is 1.62 bits per heavy atom. The van der Waals surface area contributed by atoms with Crippen LogP contribution in [0.5, 0.6) is 0 Å². The van der Waals surface area contributed by atoms with Gasteiger partial charge in [-0.1, -0.05) is 25.0 Å². The largest absolute Gasteiger partial charge is 0.396 e. The fourth-order valence-corrected chi connectivity index (χ4v) is 1.35. The van der Waals surface area contributed by atoms with E-state index in [1.807, 2.05) is 13.8 Å². The van der Waals surface area contributed by atoms with Crippen molar-refractivity contribution in [3.63, 3.8) is 0 Å². The molecule has 4 heteroatoms. The summed E-state index contributed by atoms with van der Waals surface area (Å²) in [7, 11) is 0. The van der Waals surface area contributed by atoms with Crippen LogP contribution < -0.4 is 0 Å². The first-order valence-corrected chi connectivity index (χ1v) is 4.45. The Morgan fingerprint density at radius 3 is 2.54 bits per heavy atom. The van der Waals surface area contributed by atoms with Crippen LogP contribution in [0.15, 0.2) is 17.8 Å². The van der Waals surface area contributed by atoms with Crippen LogP contribution >= 0.6 is 0 Å². The molecular weight excluding hydrogens is 166 g/mol. The van der Waals surface area contributed by atoms with Crippen molar-refractivity contribution in [2.45, 2.75) is 26.3 Å². The number of hydrogen-bond donors (Lipinski definition) is 1. The summed E-state index contributed by atoms with van der Waals surface area (Å²) in [6.07, 6.45) is 2.35. The number of azide groups is 1. The summed E-state index contributed by atoms with van der Waals surface area (Å²) in [5, 5.41) is 12.5. The minimum Gasteiger partial charge on any atom is -0.396 e. The van der Waals surface area contributed by atoms with Gasteiger partial charge in [0.1, 0.15) is 0 Å². The zero-order valence-corrected chi connectivity index (χ0v) is 8.22. The van der Waals surface area contributed by atoms with Crippen molar-refractivity contribution in [1.82, 2.24) is 0 Å². The van der Waals surface area contributed by atoms with Gasteiger partial charge in [-0.15, -0.1) is 6.58 Å². The molecule has 1 N–H and O–H groups in total. The maximum Gasteiger partial charge on any atom is 0.0460 e. The normalized spacial score (nSPS) is 14.8. The van der Waals surface area contributed by atoms with Crippen molar-refractivity contribution in [2.24, 2.45) is 17.0 Å². The highest BCUT2D eigenvalue weighted by Gasteiger charge is 2.20. The number of rotatable bonds is 6. The van der Waals surface area contributed by atoms with Crippen molar-refractivity contribution in [3.8, 4) is 0 Å².